The maximum Gasteiger partial charge on any atom is 0.235 e. The lowest BCUT2D eigenvalue weighted by Crippen LogP contribution is -2.43. The number of nitrogens with one attached hydrogen (secondary N) is 1. The van der Waals surface area contributed by atoms with E-state index in [9.17, 15) is 13.2 Å². The van der Waals surface area contributed by atoms with E-state index < -0.39 is 10.0 Å². The van der Waals surface area contributed by atoms with E-state index >= 15 is 0 Å². The Labute approximate surface area is 115 Å². The van der Waals surface area contributed by atoms with E-state index in [4.69, 9.17) is 4.74 Å². The topological polar surface area (TPSA) is 75.7 Å². The average molecular weight is 292 g/mol. The van der Waals surface area contributed by atoms with Crippen LogP contribution in [0.25, 0.3) is 0 Å². The molecule has 19 heavy (non-hydrogen) atoms. The molecule has 0 aliphatic carbocycles. The molecule has 0 aromatic carbocycles. The quantitative estimate of drug-likeness (QED) is 0.727. The molecule has 0 bridgehead atoms. The number of hydrogen-bond acceptors (Lipinski definition) is 4. The molecule has 1 aliphatic rings. The molecule has 1 unspecified atom stereocenters. The van der Waals surface area contributed by atoms with Crippen molar-refractivity contribution in [2.45, 2.75) is 32.8 Å². The molecule has 1 heterocycles. The second-order valence-electron chi connectivity index (χ2n) is 5.39. The summed E-state index contributed by atoms with van der Waals surface area (Å²) in [6.45, 7) is 5.27. The summed E-state index contributed by atoms with van der Waals surface area (Å²) in [5.41, 5.74) is 0. The number of sulfonamides is 1. The van der Waals surface area contributed by atoms with Crippen molar-refractivity contribution in [3.05, 3.63) is 0 Å². The van der Waals surface area contributed by atoms with Gasteiger partial charge in [-0.2, -0.15) is 4.31 Å². The molecular formula is C12H24N2O4S. The van der Waals surface area contributed by atoms with Gasteiger partial charge in [0.2, 0.25) is 15.9 Å². The molecule has 1 saturated heterocycles. The van der Waals surface area contributed by atoms with Crippen LogP contribution in [-0.4, -0.2) is 57.2 Å². The Morgan fingerprint density at radius 3 is 2.63 bits per heavy atom. The lowest BCUT2D eigenvalue weighted by Gasteiger charge is -2.21. The summed E-state index contributed by atoms with van der Waals surface area (Å²) in [6.07, 6.45) is 3.16. The highest BCUT2D eigenvalue weighted by Crippen LogP contribution is 2.10. The van der Waals surface area contributed by atoms with Gasteiger partial charge in [0.25, 0.3) is 0 Å². The lowest BCUT2D eigenvalue weighted by molar-refractivity contribution is -0.121. The molecule has 7 heteroatoms. The summed E-state index contributed by atoms with van der Waals surface area (Å²) in [6, 6.07) is 0. The molecule has 1 aliphatic heterocycles. The fourth-order valence-electron chi connectivity index (χ4n) is 1.97. The number of hydrogen-bond donors (Lipinski definition) is 1. The summed E-state index contributed by atoms with van der Waals surface area (Å²) in [5.74, 6) is -0.0951. The smallest absolute Gasteiger partial charge is 0.235 e. The van der Waals surface area contributed by atoms with Gasteiger partial charge < -0.3 is 10.1 Å². The van der Waals surface area contributed by atoms with Crippen LogP contribution in [0.5, 0.6) is 0 Å². The lowest BCUT2D eigenvalue weighted by atomic mass is 10.2. The van der Waals surface area contributed by atoms with Crippen LogP contribution < -0.4 is 5.32 Å². The van der Waals surface area contributed by atoms with Gasteiger partial charge in [-0.3, -0.25) is 4.79 Å². The van der Waals surface area contributed by atoms with Gasteiger partial charge in [-0.15, -0.1) is 0 Å². The molecule has 0 spiro atoms. The Bertz CT molecular complexity index is 389. The van der Waals surface area contributed by atoms with Crippen LogP contribution in [0, 0.1) is 5.92 Å². The van der Waals surface area contributed by atoms with Crippen molar-refractivity contribution in [1.82, 2.24) is 9.62 Å². The second kappa shape index (κ2) is 7.21. The Kier molecular flexibility index (Phi) is 6.22. The van der Waals surface area contributed by atoms with Gasteiger partial charge in [0.15, 0.2) is 0 Å². The summed E-state index contributed by atoms with van der Waals surface area (Å²) >= 11 is 0. The van der Waals surface area contributed by atoms with E-state index in [0.29, 0.717) is 13.1 Å². The van der Waals surface area contributed by atoms with Crippen molar-refractivity contribution in [3.8, 4) is 0 Å². The number of nitrogens with zero attached hydrogens (tertiary/aromatic N) is 1. The van der Waals surface area contributed by atoms with Crippen LogP contribution in [-0.2, 0) is 19.6 Å². The Morgan fingerprint density at radius 1 is 1.47 bits per heavy atom. The molecule has 0 radical (unpaired) electrons. The molecule has 112 valence electrons. The first kappa shape index (κ1) is 16.4. The average Bonchev–Trinajstić information content (AvgIpc) is 2.76. The van der Waals surface area contributed by atoms with Crippen LogP contribution in [0.2, 0.25) is 0 Å². The van der Waals surface area contributed by atoms with Crippen LogP contribution >= 0.6 is 0 Å². The third-order valence-electron chi connectivity index (χ3n) is 2.91. The fraction of sp³-hybridized carbons (Fsp3) is 0.917. The van der Waals surface area contributed by atoms with Crippen molar-refractivity contribution in [1.29, 1.82) is 0 Å². The number of amides is 1. The van der Waals surface area contributed by atoms with Gasteiger partial charge in [-0.1, -0.05) is 13.8 Å². The number of rotatable bonds is 7. The molecule has 0 aromatic heterocycles. The van der Waals surface area contributed by atoms with Crippen LogP contribution in [0.15, 0.2) is 0 Å². The third-order valence-corrected chi connectivity index (χ3v) is 4.12. The minimum Gasteiger partial charge on any atom is -0.376 e. The van der Waals surface area contributed by atoms with E-state index in [0.717, 1.165) is 25.7 Å². The zero-order chi connectivity index (χ0) is 14.5. The van der Waals surface area contributed by atoms with Gasteiger partial charge in [-0.05, 0) is 18.8 Å². The summed E-state index contributed by atoms with van der Waals surface area (Å²) in [5, 5.41) is 2.73. The monoisotopic (exact) mass is 292 g/mol. The van der Waals surface area contributed by atoms with Gasteiger partial charge in [0.05, 0.1) is 18.9 Å². The molecule has 1 amide bonds. The van der Waals surface area contributed by atoms with Crippen molar-refractivity contribution >= 4 is 15.9 Å². The molecule has 0 aromatic rings. The minimum atomic E-state index is -3.35. The Morgan fingerprint density at radius 2 is 2.16 bits per heavy atom. The largest absolute Gasteiger partial charge is 0.376 e. The molecule has 1 atom stereocenters. The first-order valence-electron chi connectivity index (χ1n) is 6.62. The van der Waals surface area contributed by atoms with E-state index in [2.05, 4.69) is 5.32 Å². The highest BCUT2D eigenvalue weighted by molar-refractivity contribution is 7.88. The van der Waals surface area contributed by atoms with Crippen molar-refractivity contribution in [2.24, 2.45) is 5.92 Å². The molecular weight excluding hydrogens is 268 g/mol. The zero-order valence-electron chi connectivity index (χ0n) is 11.9. The highest BCUT2D eigenvalue weighted by atomic mass is 32.2. The maximum atomic E-state index is 11.8. The van der Waals surface area contributed by atoms with Gasteiger partial charge >= 0.3 is 0 Å². The zero-order valence-corrected chi connectivity index (χ0v) is 12.7. The number of carbonyl (C=O) groups is 1. The van der Waals surface area contributed by atoms with Crippen LogP contribution in [0.1, 0.15) is 26.7 Å². The third kappa shape index (κ3) is 6.35. The molecule has 6 nitrogen and oxygen atoms in total. The highest BCUT2D eigenvalue weighted by Gasteiger charge is 2.22. The van der Waals surface area contributed by atoms with Crippen LogP contribution in [0.4, 0.5) is 0 Å². The molecule has 0 saturated carbocycles. The van der Waals surface area contributed by atoms with Crippen LogP contribution in [0.3, 0.4) is 0 Å². The fourth-order valence-corrected chi connectivity index (χ4v) is 2.89. The first-order chi connectivity index (χ1) is 8.79. The summed E-state index contributed by atoms with van der Waals surface area (Å²) in [7, 11) is -3.35. The van der Waals surface area contributed by atoms with Gasteiger partial charge in [-0.25, -0.2) is 8.42 Å². The molecule has 1 rings (SSSR count). The normalized spacial score (nSPS) is 20.2. The predicted octanol–water partition coefficient (Wildman–Crippen LogP) is 0.199. The first-order valence-corrected chi connectivity index (χ1v) is 8.47. The standard InChI is InChI=1S/C12H24N2O4S/c1-10(2)8-14(19(3,16)17)9-12(15)13-7-11-5-4-6-18-11/h10-11H,4-9H2,1-3H3,(H,13,15). The number of ether oxygens (including phenoxy) is 1. The summed E-state index contributed by atoms with van der Waals surface area (Å²) in [4.78, 5) is 11.8. The second-order valence-corrected chi connectivity index (χ2v) is 7.37. The Hall–Kier alpha value is -0.660. The number of carbonyl (C=O) groups excluding carboxylic acids is 1. The van der Waals surface area contributed by atoms with E-state index in [1.54, 1.807) is 0 Å². The minimum absolute atomic E-state index is 0.0701. The van der Waals surface area contributed by atoms with E-state index in [-0.39, 0.29) is 24.5 Å². The molecule has 1 N–H and O–H groups in total. The van der Waals surface area contributed by atoms with Gasteiger partial charge in [0, 0.05) is 19.7 Å². The summed E-state index contributed by atoms with van der Waals surface area (Å²) < 4.78 is 29.8. The SMILES string of the molecule is CC(C)CN(CC(=O)NCC1CCCO1)S(C)(=O)=O. The van der Waals surface area contributed by atoms with Crippen molar-refractivity contribution in [2.75, 3.05) is 32.5 Å². The van der Waals surface area contributed by atoms with Gasteiger partial charge in [0.1, 0.15) is 0 Å². The maximum absolute atomic E-state index is 11.8. The molecule has 1 fully saturated rings. The van der Waals surface area contributed by atoms with Crippen molar-refractivity contribution < 1.29 is 17.9 Å². The predicted molar refractivity (Wildman–Crippen MR) is 73.2 cm³/mol. The Balaban J connectivity index is 2.42. The van der Waals surface area contributed by atoms with E-state index in [1.807, 2.05) is 13.8 Å². The van der Waals surface area contributed by atoms with E-state index in [1.165, 1.54) is 4.31 Å². The van der Waals surface area contributed by atoms with Crippen molar-refractivity contribution in [3.63, 3.8) is 0 Å².